The molecule has 0 saturated carbocycles. The van der Waals surface area contributed by atoms with Crippen LogP contribution < -0.4 is 4.74 Å². The maximum Gasteiger partial charge on any atom is 0.219 e. The van der Waals surface area contributed by atoms with Gasteiger partial charge in [0.15, 0.2) is 0 Å². The largest absolute Gasteiger partial charge is 0.481 e. The number of pyridine rings is 1. The molecule has 0 atom stereocenters. The van der Waals surface area contributed by atoms with E-state index in [0.29, 0.717) is 5.88 Å². The highest BCUT2D eigenvalue weighted by atomic mass is 16.5. The molecule has 1 N–H and O–H groups in total. The van der Waals surface area contributed by atoms with Crippen molar-refractivity contribution >= 4 is 10.9 Å². The lowest BCUT2D eigenvalue weighted by Crippen LogP contribution is -1.97. The third kappa shape index (κ3) is 1.74. The van der Waals surface area contributed by atoms with Crippen molar-refractivity contribution in [1.82, 2.24) is 4.98 Å². The number of hydrogen-bond acceptors (Lipinski definition) is 3. The summed E-state index contributed by atoms with van der Waals surface area (Å²) in [5.74, 6) is 0.502. The van der Waals surface area contributed by atoms with Crippen LogP contribution in [0.1, 0.15) is 16.7 Å². The summed E-state index contributed by atoms with van der Waals surface area (Å²) in [6.45, 7) is 4.02. The average Bonchev–Trinajstić information content (AvgIpc) is 2.27. The predicted octanol–water partition coefficient (Wildman–Crippen LogP) is 2.35. The van der Waals surface area contributed by atoms with E-state index in [0.717, 1.165) is 22.0 Å². The number of aromatic nitrogens is 1. The van der Waals surface area contributed by atoms with E-state index in [9.17, 15) is 5.11 Å². The Labute approximate surface area is 94.7 Å². The van der Waals surface area contributed by atoms with Gasteiger partial charge in [-0.2, -0.15) is 0 Å². The third-order valence-electron chi connectivity index (χ3n) is 2.66. The first-order valence-corrected chi connectivity index (χ1v) is 5.21. The van der Waals surface area contributed by atoms with Gasteiger partial charge in [0.1, 0.15) is 0 Å². The molecule has 0 bridgehead atoms. The first-order valence-electron chi connectivity index (χ1n) is 5.21. The fourth-order valence-electron chi connectivity index (χ4n) is 1.97. The van der Waals surface area contributed by atoms with Gasteiger partial charge in [0.2, 0.25) is 5.88 Å². The lowest BCUT2D eigenvalue weighted by molar-refractivity contribution is 0.272. The summed E-state index contributed by atoms with van der Waals surface area (Å²) >= 11 is 0. The highest BCUT2D eigenvalue weighted by molar-refractivity contribution is 5.83. The van der Waals surface area contributed by atoms with E-state index in [1.54, 1.807) is 7.11 Å². The van der Waals surface area contributed by atoms with Gasteiger partial charge < -0.3 is 9.84 Å². The van der Waals surface area contributed by atoms with Crippen LogP contribution in [-0.2, 0) is 6.61 Å². The number of benzene rings is 1. The van der Waals surface area contributed by atoms with E-state index in [4.69, 9.17) is 4.74 Å². The Balaban J connectivity index is 2.78. The highest BCUT2D eigenvalue weighted by Gasteiger charge is 2.08. The summed E-state index contributed by atoms with van der Waals surface area (Å²) in [5.41, 5.74) is 3.97. The zero-order valence-corrected chi connectivity index (χ0v) is 9.74. The number of hydrogen-bond donors (Lipinski definition) is 1. The molecular weight excluding hydrogens is 202 g/mol. The van der Waals surface area contributed by atoms with Crippen molar-refractivity contribution in [3.8, 4) is 5.88 Å². The van der Waals surface area contributed by atoms with E-state index in [1.165, 1.54) is 5.56 Å². The molecule has 2 rings (SSSR count). The van der Waals surface area contributed by atoms with Crippen LogP contribution in [0.5, 0.6) is 5.88 Å². The second-order valence-electron chi connectivity index (χ2n) is 3.97. The van der Waals surface area contributed by atoms with Gasteiger partial charge in [-0.05, 0) is 31.5 Å². The molecule has 0 amide bonds. The summed E-state index contributed by atoms with van der Waals surface area (Å²) in [4.78, 5) is 4.42. The lowest BCUT2D eigenvalue weighted by Gasteiger charge is -2.09. The van der Waals surface area contributed by atoms with Crippen LogP contribution in [0.25, 0.3) is 10.9 Å². The smallest absolute Gasteiger partial charge is 0.219 e. The van der Waals surface area contributed by atoms with Gasteiger partial charge in [-0.15, -0.1) is 0 Å². The van der Waals surface area contributed by atoms with Crippen molar-refractivity contribution in [1.29, 1.82) is 0 Å². The van der Waals surface area contributed by atoms with E-state index in [2.05, 4.69) is 24.0 Å². The Morgan fingerprint density at radius 2 is 2.00 bits per heavy atom. The Bertz CT molecular complexity index is 535. The summed E-state index contributed by atoms with van der Waals surface area (Å²) < 4.78 is 5.16. The second-order valence-corrected chi connectivity index (χ2v) is 3.97. The van der Waals surface area contributed by atoms with Crippen molar-refractivity contribution in [3.63, 3.8) is 0 Å². The normalized spacial score (nSPS) is 10.8. The molecule has 0 fully saturated rings. The fraction of sp³-hybridized carbons (Fsp3) is 0.308. The Kier molecular flexibility index (Phi) is 2.79. The van der Waals surface area contributed by atoms with Gasteiger partial charge >= 0.3 is 0 Å². The molecule has 0 aliphatic heterocycles. The number of aliphatic hydroxyl groups is 1. The van der Waals surface area contributed by atoms with Crippen LogP contribution in [-0.4, -0.2) is 17.2 Å². The first kappa shape index (κ1) is 10.9. The number of aliphatic hydroxyl groups excluding tert-OH is 1. The number of nitrogens with zero attached hydrogens (tertiary/aromatic N) is 1. The first-order chi connectivity index (χ1) is 7.65. The summed E-state index contributed by atoms with van der Waals surface area (Å²) in [6.07, 6.45) is 0. The quantitative estimate of drug-likeness (QED) is 0.839. The Morgan fingerprint density at radius 3 is 2.62 bits per heavy atom. The molecule has 3 heteroatoms. The molecule has 0 aliphatic carbocycles. The number of ether oxygens (including phenoxy) is 1. The monoisotopic (exact) mass is 217 g/mol. The molecule has 0 unspecified atom stereocenters. The molecule has 1 aromatic heterocycles. The maximum absolute atomic E-state index is 9.23. The zero-order valence-electron chi connectivity index (χ0n) is 9.74. The van der Waals surface area contributed by atoms with Crippen LogP contribution >= 0.6 is 0 Å². The van der Waals surface area contributed by atoms with Crippen LogP contribution in [0.2, 0.25) is 0 Å². The topological polar surface area (TPSA) is 42.4 Å². The molecule has 0 spiro atoms. The molecule has 0 radical (unpaired) electrons. The fourth-order valence-corrected chi connectivity index (χ4v) is 1.97. The van der Waals surface area contributed by atoms with Crippen molar-refractivity contribution in [2.45, 2.75) is 20.5 Å². The van der Waals surface area contributed by atoms with Crippen molar-refractivity contribution in [3.05, 3.63) is 34.9 Å². The molecule has 16 heavy (non-hydrogen) atoms. The van der Waals surface area contributed by atoms with E-state index in [-0.39, 0.29) is 6.61 Å². The number of rotatable bonds is 2. The zero-order chi connectivity index (χ0) is 11.7. The predicted molar refractivity (Wildman–Crippen MR) is 63.7 cm³/mol. The SMILES string of the molecule is COc1nc2c(C)cc(C)cc2cc1CO. The maximum atomic E-state index is 9.23. The molecule has 0 saturated heterocycles. The van der Waals surface area contributed by atoms with Gasteiger partial charge in [-0.3, -0.25) is 0 Å². The number of aryl methyl sites for hydroxylation is 2. The molecule has 1 aromatic carbocycles. The summed E-state index contributed by atoms with van der Waals surface area (Å²) in [6, 6.07) is 6.09. The van der Waals surface area contributed by atoms with Crippen LogP contribution in [0.3, 0.4) is 0 Å². The summed E-state index contributed by atoms with van der Waals surface area (Å²) in [5, 5.41) is 10.3. The molecule has 0 aliphatic rings. The van der Waals surface area contributed by atoms with Crippen LogP contribution in [0, 0.1) is 13.8 Å². The average molecular weight is 217 g/mol. The lowest BCUT2D eigenvalue weighted by atomic mass is 10.1. The van der Waals surface area contributed by atoms with Gasteiger partial charge in [0.05, 0.1) is 19.2 Å². The van der Waals surface area contributed by atoms with E-state index in [1.807, 2.05) is 13.0 Å². The van der Waals surface area contributed by atoms with Gasteiger partial charge in [0.25, 0.3) is 0 Å². The molecule has 1 heterocycles. The van der Waals surface area contributed by atoms with Crippen molar-refractivity contribution < 1.29 is 9.84 Å². The minimum absolute atomic E-state index is 0.0564. The van der Waals surface area contributed by atoms with Crippen LogP contribution in [0.4, 0.5) is 0 Å². The van der Waals surface area contributed by atoms with Gasteiger partial charge in [0, 0.05) is 10.9 Å². The molecule has 2 aromatic rings. The minimum Gasteiger partial charge on any atom is -0.481 e. The minimum atomic E-state index is -0.0564. The summed E-state index contributed by atoms with van der Waals surface area (Å²) in [7, 11) is 1.57. The van der Waals surface area contributed by atoms with Crippen molar-refractivity contribution in [2.24, 2.45) is 0 Å². The number of fused-ring (bicyclic) bond motifs is 1. The standard InChI is InChI=1S/C13H15NO2/c1-8-4-9(2)12-10(5-8)6-11(7-15)13(14-12)16-3/h4-6,15H,7H2,1-3H3. The Morgan fingerprint density at radius 1 is 1.25 bits per heavy atom. The van der Waals surface area contributed by atoms with Crippen molar-refractivity contribution in [2.75, 3.05) is 7.11 Å². The molecule has 84 valence electrons. The number of methoxy groups -OCH3 is 1. The molecular formula is C13H15NO2. The van der Waals surface area contributed by atoms with E-state index >= 15 is 0 Å². The van der Waals surface area contributed by atoms with Crippen LogP contribution in [0.15, 0.2) is 18.2 Å². The second kappa shape index (κ2) is 4.10. The third-order valence-corrected chi connectivity index (χ3v) is 2.66. The molecule has 3 nitrogen and oxygen atoms in total. The van der Waals surface area contributed by atoms with E-state index < -0.39 is 0 Å². The van der Waals surface area contributed by atoms with Gasteiger partial charge in [-0.1, -0.05) is 11.6 Å². The highest BCUT2D eigenvalue weighted by Crippen LogP contribution is 2.25. The van der Waals surface area contributed by atoms with Gasteiger partial charge in [-0.25, -0.2) is 4.98 Å². The Hall–Kier alpha value is -1.61.